The minimum atomic E-state index is -4.31. The summed E-state index contributed by atoms with van der Waals surface area (Å²) >= 11 is 1.32. The molecule has 1 aromatic heterocycles. The van der Waals surface area contributed by atoms with Gasteiger partial charge in [0.05, 0.1) is 7.11 Å². The molecule has 0 bridgehead atoms. The van der Waals surface area contributed by atoms with Crippen LogP contribution in [-0.2, 0) is 0 Å². The van der Waals surface area contributed by atoms with Crippen LogP contribution in [0.1, 0.15) is 0 Å². The predicted molar refractivity (Wildman–Crippen MR) is 85.7 cm³/mol. The van der Waals surface area contributed by atoms with E-state index in [1.807, 2.05) is 12.1 Å². The van der Waals surface area contributed by atoms with Crippen molar-refractivity contribution < 1.29 is 17.9 Å². The molecule has 0 saturated carbocycles. The highest BCUT2D eigenvalue weighted by atomic mass is 32.2. The molecule has 1 heterocycles. The van der Waals surface area contributed by atoms with E-state index in [1.165, 1.54) is 11.3 Å². The molecule has 0 fully saturated rings. The number of rotatable bonds is 3. The molecule has 2 aromatic carbocycles. The second-order valence-corrected chi connectivity index (χ2v) is 6.66. The number of thiophene rings is 1. The molecule has 0 saturated heterocycles. The van der Waals surface area contributed by atoms with Crippen LogP contribution < -0.4 is 4.74 Å². The summed E-state index contributed by atoms with van der Waals surface area (Å²) in [7, 11) is 1.55. The van der Waals surface area contributed by atoms with E-state index in [4.69, 9.17) is 4.74 Å². The molecule has 0 aliphatic heterocycles. The Morgan fingerprint density at radius 1 is 1.00 bits per heavy atom. The fourth-order valence-electron chi connectivity index (χ4n) is 2.17. The first-order chi connectivity index (χ1) is 10.5. The zero-order chi connectivity index (χ0) is 15.7. The summed E-state index contributed by atoms with van der Waals surface area (Å²) in [5.41, 5.74) is -3.56. The average Bonchev–Trinajstić information content (AvgIpc) is 2.84. The van der Waals surface area contributed by atoms with Crippen molar-refractivity contribution >= 4 is 33.2 Å². The maximum Gasteiger partial charge on any atom is 0.446 e. The Morgan fingerprint density at radius 2 is 1.68 bits per heavy atom. The SMILES string of the molecule is COc1ccc(-c2sc3ccccc3c2SC(F)(F)F)cc1. The van der Waals surface area contributed by atoms with Crippen molar-refractivity contribution in [3.8, 4) is 16.2 Å². The number of halogens is 3. The molecular formula is C16H11F3OS2. The summed E-state index contributed by atoms with van der Waals surface area (Å²) in [6.45, 7) is 0. The van der Waals surface area contributed by atoms with Gasteiger partial charge in [0.25, 0.3) is 0 Å². The van der Waals surface area contributed by atoms with Gasteiger partial charge in [0, 0.05) is 19.9 Å². The lowest BCUT2D eigenvalue weighted by molar-refractivity contribution is -0.0327. The number of methoxy groups -OCH3 is 1. The average molecular weight is 340 g/mol. The fourth-order valence-corrected chi connectivity index (χ4v) is 4.32. The second kappa shape index (κ2) is 5.85. The van der Waals surface area contributed by atoms with Crippen LogP contribution in [0.25, 0.3) is 20.5 Å². The van der Waals surface area contributed by atoms with Crippen LogP contribution in [0.15, 0.2) is 53.4 Å². The van der Waals surface area contributed by atoms with Gasteiger partial charge in [-0.05, 0) is 47.7 Å². The number of hydrogen-bond donors (Lipinski definition) is 0. The molecule has 0 aliphatic rings. The summed E-state index contributed by atoms with van der Waals surface area (Å²) in [4.78, 5) is 0.893. The minimum Gasteiger partial charge on any atom is -0.497 e. The molecule has 0 aliphatic carbocycles. The van der Waals surface area contributed by atoms with Crippen molar-refractivity contribution in [2.45, 2.75) is 10.4 Å². The Balaban J connectivity index is 2.16. The molecule has 0 amide bonds. The monoisotopic (exact) mass is 340 g/mol. The molecule has 0 spiro atoms. The summed E-state index contributed by atoms with van der Waals surface area (Å²) in [5, 5.41) is 0.639. The largest absolute Gasteiger partial charge is 0.497 e. The molecule has 0 atom stereocenters. The van der Waals surface area contributed by atoms with Crippen LogP contribution in [-0.4, -0.2) is 12.6 Å². The lowest BCUT2D eigenvalue weighted by atomic mass is 10.1. The van der Waals surface area contributed by atoms with E-state index < -0.39 is 5.51 Å². The van der Waals surface area contributed by atoms with Gasteiger partial charge in [0.2, 0.25) is 0 Å². The van der Waals surface area contributed by atoms with E-state index in [9.17, 15) is 13.2 Å². The number of benzene rings is 2. The number of thioether (sulfide) groups is 1. The topological polar surface area (TPSA) is 9.23 Å². The molecule has 0 unspecified atom stereocenters. The minimum absolute atomic E-state index is 0.0525. The van der Waals surface area contributed by atoms with Crippen molar-refractivity contribution in [1.82, 2.24) is 0 Å². The summed E-state index contributed by atoms with van der Waals surface area (Å²) in [6.07, 6.45) is 0. The third-order valence-corrected chi connectivity index (χ3v) is 5.33. The highest BCUT2D eigenvalue weighted by Gasteiger charge is 2.32. The first-order valence-electron chi connectivity index (χ1n) is 6.39. The van der Waals surface area contributed by atoms with Crippen molar-refractivity contribution in [3.63, 3.8) is 0 Å². The van der Waals surface area contributed by atoms with Crippen LogP contribution in [0, 0.1) is 0 Å². The smallest absolute Gasteiger partial charge is 0.446 e. The first-order valence-corrected chi connectivity index (χ1v) is 8.03. The van der Waals surface area contributed by atoms with Crippen molar-refractivity contribution in [1.29, 1.82) is 0 Å². The van der Waals surface area contributed by atoms with E-state index in [1.54, 1.807) is 43.5 Å². The molecule has 114 valence electrons. The zero-order valence-electron chi connectivity index (χ0n) is 11.5. The van der Waals surface area contributed by atoms with Gasteiger partial charge in [-0.2, -0.15) is 13.2 Å². The van der Waals surface area contributed by atoms with Gasteiger partial charge in [0.15, 0.2) is 0 Å². The lowest BCUT2D eigenvalue weighted by Gasteiger charge is -2.08. The Labute approximate surface area is 133 Å². The van der Waals surface area contributed by atoms with E-state index in [-0.39, 0.29) is 16.7 Å². The number of alkyl halides is 3. The summed E-state index contributed by atoms with van der Waals surface area (Å²) < 4.78 is 44.7. The highest BCUT2D eigenvalue weighted by Crippen LogP contribution is 2.49. The third-order valence-electron chi connectivity index (χ3n) is 3.12. The van der Waals surface area contributed by atoms with Crippen LogP contribution >= 0.6 is 23.1 Å². The molecular weight excluding hydrogens is 329 g/mol. The number of ether oxygens (including phenoxy) is 1. The second-order valence-electron chi connectivity index (χ2n) is 4.53. The maximum atomic E-state index is 12.9. The molecule has 3 aromatic rings. The van der Waals surface area contributed by atoms with Crippen molar-refractivity contribution in [3.05, 3.63) is 48.5 Å². The molecule has 6 heteroatoms. The van der Waals surface area contributed by atoms with Crippen LogP contribution in [0.2, 0.25) is 0 Å². The zero-order valence-corrected chi connectivity index (χ0v) is 13.1. The van der Waals surface area contributed by atoms with E-state index >= 15 is 0 Å². The van der Waals surface area contributed by atoms with Crippen LogP contribution in [0.4, 0.5) is 13.2 Å². The van der Waals surface area contributed by atoms with Gasteiger partial charge in [-0.1, -0.05) is 18.2 Å². The van der Waals surface area contributed by atoms with Gasteiger partial charge >= 0.3 is 5.51 Å². The molecule has 22 heavy (non-hydrogen) atoms. The maximum absolute atomic E-state index is 12.9. The molecule has 0 N–H and O–H groups in total. The molecule has 3 rings (SSSR count). The molecule has 0 radical (unpaired) electrons. The van der Waals surface area contributed by atoms with Gasteiger partial charge in [-0.3, -0.25) is 0 Å². The molecule has 1 nitrogen and oxygen atoms in total. The summed E-state index contributed by atoms with van der Waals surface area (Å²) in [5.74, 6) is 0.676. The first kappa shape index (κ1) is 15.2. The Bertz CT molecular complexity index is 791. The van der Waals surface area contributed by atoms with Gasteiger partial charge in [-0.25, -0.2) is 0 Å². The quantitative estimate of drug-likeness (QED) is 0.526. The predicted octanol–water partition coefficient (Wildman–Crippen LogP) is 6.19. The van der Waals surface area contributed by atoms with Crippen LogP contribution in [0.5, 0.6) is 5.75 Å². The normalized spacial score (nSPS) is 11.8. The van der Waals surface area contributed by atoms with E-state index in [0.29, 0.717) is 16.0 Å². The van der Waals surface area contributed by atoms with Crippen molar-refractivity contribution in [2.24, 2.45) is 0 Å². The standard InChI is InChI=1S/C16H11F3OS2/c1-20-11-8-6-10(7-9-11)14-15(22-16(17,18)19)12-4-2-3-5-13(12)21-14/h2-9H,1H3. The van der Waals surface area contributed by atoms with Gasteiger partial charge in [0.1, 0.15) is 5.75 Å². The fraction of sp³-hybridized carbons (Fsp3) is 0.125. The Kier molecular flexibility index (Phi) is 4.06. The number of fused-ring (bicyclic) bond motifs is 1. The highest BCUT2D eigenvalue weighted by molar-refractivity contribution is 8.00. The van der Waals surface area contributed by atoms with Crippen LogP contribution in [0.3, 0.4) is 0 Å². The number of hydrogen-bond acceptors (Lipinski definition) is 3. The lowest BCUT2D eigenvalue weighted by Crippen LogP contribution is -1.99. The van der Waals surface area contributed by atoms with Gasteiger partial charge < -0.3 is 4.74 Å². The third kappa shape index (κ3) is 3.08. The van der Waals surface area contributed by atoms with E-state index in [2.05, 4.69) is 0 Å². The van der Waals surface area contributed by atoms with E-state index in [0.717, 1.165) is 10.3 Å². The Morgan fingerprint density at radius 3 is 2.32 bits per heavy atom. The van der Waals surface area contributed by atoms with Crippen molar-refractivity contribution in [2.75, 3.05) is 7.11 Å². The Hall–Kier alpha value is -1.66. The summed E-state index contributed by atoms with van der Waals surface area (Å²) in [6, 6.07) is 14.2. The van der Waals surface area contributed by atoms with Gasteiger partial charge in [-0.15, -0.1) is 11.3 Å².